The minimum atomic E-state index is -0.854. The first-order valence-corrected chi connectivity index (χ1v) is 14.3. The molecule has 0 saturated heterocycles. The summed E-state index contributed by atoms with van der Waals surface area (Å²) in [5, 5.41) is 0. The van der Waals surface area contributed by atoms with Crippen LogP contribution in [0.1, 0.15) is 126 Å². The monoisotopic (exact) mass is 490 g/mol. The van der Waals surface area contributed by atoms with Gasteiger partial charge in [-0.2, -0.15) is 0 Å². The van der Waals surface area contributed by atoms with E-state index in [1.807, 2.05) is 6.92 Å². The first-order valence-electron chi connectivity index (χ1n) is 14.3. The molecule has 1 unspecified atom stereocenters. The van der Waals surface area contributed by atoms with Crippen LogP contribution >= 0.6 is 0 Å². The van der Waals surface area contributed by atoms with E-state index in [1.165, 1.54) is 0 Å². The number of hydrogen-bond donors (Lipinski definition) is 0. The van der Waals surface area contributed by atoms with Crippen molar-refractivity contribution in [3.8, 4) is 0 Å². The minimum Gasteiger partial charge on any atom is -0.378 e. The fourth-order valence-electron chi connectivity index (χ4n) is 3.83. The zero-order valence-electron chi connectivity index (χ0n) is 23.9. The zero-order chi connectivity index (χ0) is 25.7. The molecule has 0 aromatic rings. The first kappa shape index (κ1) is 33.8. The van der Waals surface area contributed by atoms with Crippen LogP contribution in [0.25, 0.3) is 0 Å². The van der Waals surface area contributed by atoms with Crippen LogP contribution in [0.4, 0.5) is 0 Å². The Balaban J connectivity index is 4.69. The third-order valence-electron chi connectivity index (χ3n) is 6.56. The highest BCUT2D eigenvalue weighted by Gasteiger charge is 2.37. The summed E-state index contributed by atoms with van der Waals surface area (Å²) >= 11 is 0. The van der Waals surface area contributed by atoms with Gasteiger partial charge in [0.05, 0.1) is 31.5 Å². The standard InChI is InChI=1S/C28H58O6/c1-9-24(10-2)29-20-16-18-22-31-28(8,27(15-7)34-33-26(13-5)14-6)32-23-19-17-21-30-25(11-3)12-4/h24-27H,9-23H2,1-8H3. The average Bonchev–Trinajstić information content (AvgIpc) is 2.86. The molecule has 0 aliphatic carbocycles. The van der Waals surface area contributed by atoms with E-state index in [0.717, 1.165) is 83.8 Å². The van der Waals surface area contributed by atoms with E-state index in [4.69, 9.17) is 28.7 Å². The quantitative estimate of drug-likeness (QED) is 0.0568. The second kappa shape index (κ2) is 22.0. The Hall–Kier alpha value is -0.240. The molecule has 0 fully saturated rings. The summed E-state index contributed by atoms with van der Waals surface area (Å²) in [6.07, 6.45) is 11.1. The van der Waals surface area contributed by atoms with Crippen LogP contribution in [0.3, 0.4) is 0 Å². The van der Waals surface area contributed by atoms with Crippen molar-refractivity contribution in [2.75, 3.05) is 26.4 Å². The molecule has 1 atom stereocenters. The smallest absolute Gasteiger partial charge is 0.194 e. The molecule has 0 heterocycles. The Morgan fingerprint density at radius 3 is 1.21 bits per heavy atom. The summed E-state index contributed by atoms with van der Waals surface area (Å²) in [7, 11) is 0. The minimum absolute atomic E-state index is 0.0859. The summed E-state index contributed by atoms with van der Waals surface area (Å²) in [6, 6.07) is 0. The van der Waals surface area contributed by atoms with Crippen LogP contribution in [0.5, 0.6) is 0 Å². The predicted molar refractivity (Wildman–Crippen MR) is 140 cm³/mol. The fraction of sp³-hybridized carbons (Fsp3) is 1.00. The summed E-state index contributed by atoms with van der Waals surface area (Å²) in [5.41, 5.74) is 0. The number of ether oxygens (including phenoxy) is 4. The summed E-state index contributed by atoms with van der Waals surface area (Å²) < 4.78 is 24.5. The molecule has 0 spiro atoms. The van der Waals surface area contributed by atoms with Gasteiger partial charge in [0.15, 0.2) is 5.79 Å². The first-order chi connectivity index (χ1) is 16.4. The lowest BCUT2D eigenvalue weighted by molar-refractivity contribution is -0.409. The van der Waals surface area contributed by atoms with Gasteiger partial charge in [0.2, 0.25) is 0 Å². The van der Waals surface area contributed by atoms with Crippen molar-refractivity contribution < 1.29 is 28.7 Å². The number of unbranched alkanes of at least 4 members (excludes halogenated alkanes) is 2. The van der Waals surface area contributed by atoms with Gasteiger partial charge >= 0.3 is 0 Å². The number of hydrogen-bond acceptors (Lipinski definition) is 6. The van der Waals surface area contributed by atoms with E-state index in [2.05, 4.69) is 48.5 Å². The maximum atomic E-state index is 6.31. The van der Waals surface area contributed by atoms with Crippen molar-refractivity contribution in [2.24, 2.45) is 0 Å². The largest absolute Gasteiger partial charge is 0.378 e. The molecule has 0 aromatic heterocycles. The molecule has 6 heteroatoms. The van der Waals surface area contributed by atoms with Crippen molar-refractivity contribution in [1.29, 1.82) is 0 Å². The molecule has 0 saturated carbocycles. The number of rotatable bonds is 25. The van der Waals surface area contributed by atoms with Crippen molar-refractivity contribution in [2.45, 2.75) is 156 Å². The Labute approximate surface area is 211 Å². The highest BCUT2D eigenvalue weighted by Crippen LogP contribution is 2.26. The van der Waals surface area contributed by atoms with Gasteiger partial charge in [0.1, 0.15) is 6.10 Å². The van der Waals surface area contributed by atoms with Crippen molar-refractivity contribution in [1.82, 2.24) is 0 Å². The van der Waals surface area contributed by atoms with Crippen LogP contribution in [0, 0.1) is 0 Å². The van der Waals surface area contributed by atoms with Crippen molar-refractivity contribution >= 4 is 0 Å². The Bertz CT molecular complexity index is 397. The Kier molecular flexibility index (Phi) is 21.8. The van der Waals surface area contributed by atoms with Gasteiger partial charge in [-0.05, 0) is 77.6 Å². The maximum Gasteiger partial charge on any atom is 0.194 e. The Morgan fingerprint density at radius 1 is 0.471 bits per heavy atom. The van der Waals surface area contributed by atoms with E-state index < -0.39 is 5.79 Å². The predicted octanol–water partition coefficient (Wildman–Crippen LogP) is 7.62. The van der Waals surface area contributed by atoms with Gasteiger partial charge < -0.3 is 18.9 Å². The normalized spacial score (nSPS) is 13.5. The van der Waals surface area contributed by atoms with Crippen LogP contribution < -0.4 is 0 Å². The lowest BCUT2D eigenvalue weighted by Gasteiger charge is -2.36. The van der Waals surface area contributed by atoms with Gasteiger partial charge in [-0.3, -0.25) is 0 Å². The molecule has 6 nitrogen and oxygen atoms in total. The third kappa shape index (κ3) is 15.0. The van der Waals surface area contributed by atoms with E-state index in [1.54, 1.807) is 0 Å². The van der Waals surface area contributed by atoms with Crippen LogP contribution in [0.15, 0.2) is 0 Å². The van der Waals surface area contributed by atoms with Gasteiger partial charge in [-0.1, -0.05) is 48.5 Å². The molecule has 0 rings (SSSR count). The molecular formula is C28H58O6. The molecule has 0 N–H and O–H groups in total. The summed E-state index contributed by atoms with van der Waals surface area (Å²) in [5.74, 6) is -0.854. The Morgan fingerprint density at radius 2 is 0.853 bits per heavy atom. The summed E-state index contributed by atoms with van der Waals surface area (Å²) in [6.45, 7) is 19.7. The topological polar surface area (TPSA) is 55.4 Å². The molecule has 0 radical (unpaired) electrons. The van der Waals surface area contributed by atoms with E-state index in [0.29, 0.717) is 25.4 Å². The van der Waals surface area contributed by atoms with Gasteiger partial charge in [0.25, 0.3) is 0 Å². The molecule has 0 amide bonds. The van der Waals surface area contributed by atoms with Crippen LogP contribution in [-0.4, -0.2) is 56.6 Å². The highest BCUT2D eigenvalue weighted by atomic mass is 17.2. The third-order valence-corrected chi connectivity index (χ3v) is 6.56. The lowest BCUT2D eigenvalue weighted by atomic mass is 10.1. The molecule has 0 aromatic carbocycles. The van der Waals surface area contributed by atoms with E-state index >= 15 is 0 Å². The lowest BCUT2D eigenvalue weighted by Crippen LogP contribution is -2.47. The SMILES string of the molecule is CCC(CC)OCCCCOC(C)(OCCCCOC(CC)CC)C(CC)OOC(CC)CC. The maximum absolute atomic E-state index is 6.31. The van der Waals surface area contributed by atoms with E-state index in [9.17, 15) is 0 Å². The van der Waals surface area contributed by atoms with Gasteiger partial charge in [-0.25, -0.2) is 9.78 Å². The molecule has 0 aliphatic rings. The zero-order valence-corrected chi connectivity index (χ0v) is 23.9. The van der Waals surface area contributed by atoms with E-state index in [-0.39, 0.29) is 12.2 Å². The molecule has 0 bridgehead atoms. The van der Waals surface area contributed by atoms with Gasteiger partial charge in [-0.15, -0.1) is 0 Å². The molecule has 34 heavy (non-hydrogen) atoms. The van der Waals surface area contributed by atoms with Gasteiger partial charge in [0, 0.05) is 13.2 Å². The van der Waals surface area contributed by atoms with Crippen LogP contribution in [0.2, 0.25) is 0 Å². The van der Waals surface area contributed by atoms with Crippen LogP contribution in [-0.2, 0) is 28.7 Å². The highest BCUT2D eigenvalue weighted by molar-refractivity contribution is 4.75. The summed E-state index contributed by atoms with van der Waals surface area (Å²) in [4.78, 5) is 11.6. The van der Waals surface area contributed by atoms with Crippen molar-refractivity contribution in [3.05, 3.63) is 0 Å². The fourth-order valence-corrected chi connectivity index (χ4v) is 3.83. The molecule has 206 valence electrons. The average molecular weight is 491 g/mol. The van der Waals surface area contributed by atoms with Crippen molar-refractivity contribution in [3.63, 3.8) is 0 Å². The second-order valence-corrected chi connectivity index (χ2v) is 9.27. The second-order valence-electron chi connectivity index (χ2n) is 9.27. The molecule has 0 aliphatic heterocycles. The molecular weight excluding hydrogens is 432 g/mol.